The van der Waals surface area contributed by atoms with Gasteiger partial charge in [0.05, 0.1) is 5.52 Å². The zero-order valence-electron chi connectivity index (χ0n) is 11.3. The van der Waals surface area contributed by atoms with Gasteiger partial charge in [0.25, 0.3) is 0 Å². The number of aliphatic carboxylic acids is 1. The Morgan fingerprint density at radius 3 is 2.74 bits per heavy atom. The number of thioether (sulfide) groups is 1. The maximum Gasteiger partial charge on any atom is 0.319 e. The number of fused-ring (bicyclic) bond motifs is 1. The molecule has 0 aliphatic carbocycles. The van der Waals surface area contributed by atoms with E-state index in [2.05, 4.69) is 4.98 Å². The van der Waals surface area contributed by atoms with E-state index in [1.807, 2.05) is 37.3 Å². The van der Waals surface area contributed by atoms with Crippen molar-refractivity contribution in [2.45, 2.75) is 31.3 Å². The lowest BCUT2D eigenvalue weighted by molar-refractivity contribution is -0.138. The Balaban J connectivity index is 2.33. The van der Waals surface area contributed by atoms with Crippen LogP contribution >= 0.6 is 11.8 Å². The third-order valence-corrected chi connectivity index (χ3v) is 4.39. The summed E-state index contributed by atoms with van der Waals surface area (Å²) in [5.74, 6) is -0.115. The molecule has 100 valence electrons. The van der Waals surface area contributed by atoms with Crippen molar-refractivity contribution in [2.24, 2.45) is 0 Å². The number of hydrogen-bond donors (Lipinski definition) is 1. The molecule has 3 nitrogen and oxygen atoms in total. The van der Waals surface area contributed by atoms with Crippen LogP contribution in [0.2, 0.25) is 0 Å². The molecule has 0 fully saturated rings. The van der Waals surface area contributed by atoms with Gasteiger partial charge in [0.2, 0.25) is 0 Å². The first-order chi connectivity index (χ1) is 8.90. The number of nitrogens with zero attached hydrogens (tertiary/aromatic N) is 1. The van der Waals surface area contributed by atoms with Gasteiger partial charge in [-0.25, -0.2) is 0 Å². The second-order valence-corrected chi connectivity index (χ2v) is 6.64. The smallest absolute Gasteiger partial charge is 0.319 e. The van der Waals surface area contributed by atoms with Gasteiger partial charge in [0, 0.05) is 16.8 Å². The minimum Gasteiger partial charge on any atom is -0.480 e. The predicted molar refractivity (Wildman–Crippen MR) is 79.5 cm³/mol. The molecule has 2 aromatic rings. The highest BCUT2D eigenvalue weighted by Crippen LogP contribution is 2.31. The molecule has 19 heavy (non-hydrogen) atoms. The highest BCUT2D eigenvalue weighted by atomic mass is 32.2. The lowest BCUT2D eigenvalue weighted by Gasteiger charge is -2.19. The van der Waals surface area contributed by atoms with E-state index in [9.17, 15) is 4.79 Å². The molecular weight excluding hydrogens is 258 g/mol. The van der Waals surface area contributed by atoms with E-state index in [0.29, 0.717) is 5.75 Å². The highest BCUT2D eigenvalue weighted by molar-refractivity contribution is 8.00. The third kappa shape index (κ3) is 3.07. The van der Waals surface area contributed by atoms with Gasteiger partial charge in [-0.15, -0.1) is 11.8 Å². The number of aryl methyl sites for hydroxylation is 1. The van der Waals surface area contributed by atoms with Crippen LogP contribution < -0.4 is 0 Å². The number of aromatic nitrogens is 1. The van der Waals surface area contributed by atoms with E-state index in [1.54, 1.807) is 13.8 Å². The molecule has 0 bridgehead atoms. The summed E-state index contributed by atoms with van der Waals surface area (Å²) in [6.45, 7) is 5.43. The molecule has 1 N–H and O–H groups in total. The molecule has 0 atom stereocenters. The van der Waals surface area contributed by atoms with Crippen molar-refractivity contribution in [1.29, 1.82) is 0 Å². The number of carboxylic acids is 1. The van der Waals surface area contributed by atoms with Gasteiger partial charge < -0.3 is 5.11 Å². The number of hydrogen-bond acceptors (Lipinski definition) is 3. The summed E-state index contributed by atoms with van der Waals surface area (Å²) >= 11 is 1.44. The van der Waals surface area contributed by atoms with Crippen LogP contribution in [0.25, 0.3) is 10.9 Å². The summed E-state index contributed by atoms with van der Waals surface area (Å²) in [7, 11) is 0. The zero-order valence-corrected chi connectivity index (χ0v) is 12.1. The van der Waals surface area contributed by atoms with Crippen LogP contribution in [0.15, 0.2) is 30.3 Å². The minimum absolute atomic E-state index is 0.670. The Bertz CT molecular complexity index is 623. The van der Waals surface area contributed by atoms with Crippen molar-refractivity contribution in [2.75, 3.05) is 0 Å². The maximum absolute atomic E-state index is 11.1. The molecule has 1 aromatic carbocycles. The molecule has 0 radical (unpaired) electrons. The fourth-order valence-electron chi connectivity index (χ4n) is 1.83. The number of carbonyl (C=O) groups is 1. The lowest BCUT2D eigenvalue weighted by Crippen LogP contribution is -2.27. The first-order valence-corrected chi connectivity index (χ1v) is 7.11. The molecule has 1 aromatic heterocycles. The number of carboxylic acid groups (broad SMARTS) is 1. The molecule has 0 saturated carbocycles. The standard InChI is InChI=1S/C15H17NO2S/c1-10-8-11(9-19-15(2,3)14(17)18)12-6-4-5-7-13(12)16-10/h4-8H,9H2,1-3H3,(H,17,18). The van der Waals surface area contributed by atoms with Crippen molar-refractivity contribution in [3.63, 3.8) is 0 Å². The van der Waals surface area contributed by atoms with Crippen molar-refractivity contribution < 1.29 is 9.90 Å². The Kier molecular flexibility index (Phi) is 3.80. The molecule has 0 amide bonds. The molecule has 0 unspecified atom stereocenters. The first-order valence-electron chi connectivity index (χ1n) is 6.13. The van der Waals surface area contributed by atoms with Crippen LogP contribution in [0, 0.1) is 6.92 Å². The number of rotatable bonds is 4. The van der Waals surface area contributed by atoms with Crippen LogP contribution in [-0.2, 0) is 10.5 Å². The van der Waals surface area contributed by atoms with Crippen LogP contribution in [0.4, 0.5) is 0 Å². The SMILES string of the molecule is Cc1cc(CSC(C)(C)C(=O)O)c2ccccc2n1. The number of pyridine rings is 1. The Morgan fingerprint density at radius 1 is 1.37 bits per heavy atom. The van der Waals surface area contributed by atoms with Crippen molar-refractivity contribution in [3.8, 4) is 0 Å². The Hall–Kier alpha value is -1.55. The highest BCUT2D eigenvalue weighted by Gasteiger charge is 2.27. The molecule has 0 aliphatic heterocycles. The second-order valence-electron chi connectivity index (χ2n) is 5.04. The number of benzene rings is 1. The van der Waals surface area contributed by atoms with Gasteiger partial charge in [-0.05, 0) is 38.5 Å². The fraction of sp³-hybridized carbons (Fsp3) is 0.333. The molecule has 0 aliphatic rings. The molecule has 0 saturated heterocycles. The van der Waals surface area contributed by atoms with Crippen LogP contribution in [0.5, 0.6) is 0 Å². The zero-order chi connectivity index (χ0) is 14.0. The second kappa shape index (κ2) is 5.21. The topological polar surface area (TPSA) is 50.2 Å². The van der Waals surface area contributed by atoms with Crippen LogP contribution in [-0.4, -0.2) is 20.8 Å². The first kappa shape index (κ1) is 13.9. The summed E-state index contributed by atoms with van der Waals surface area (Å²) in [5.41, 5.74) is 3.07. The predicted octanol–water partition coefficient (Wildman–Crippen LogP) is 3.64. The third-order valence-electron chi connectivity index (χ3n) is 3.03. The van der Waals surface area contributed by atoms with E-state index < -0.39 is 10.7 Å². The van der Waals surface area contributed by atoms with Gasteiger partial charge in [0.15, 0.2) is 0 Å². The molecule has 0 spiro atoms. The molecular formula is C15H17NO2S. The maximum atomic E-state index is 11.1. The lowest BCUT2D eigenvalue weighted by atomic mass is 10.1. The van der Waals surface area contributed by atoms with Crippen molar-refractivity contribution >= 4 is 28.6 Å². The van der Waals surface area contributed by atoms with E-state index in [1.165, 1.54) is 11.8 Å². The average molecular weight is 275 g/mol. The van der Waals surface area contributed by atoms with Crippen molar-refractivity contribution in [3.05, 3.63) is 41.6 Å². The normalized spacial score (nSPS) is 11.7. The minimum atomic E-state index is -0.785. The summed E-state index contributed by atoms with van der Waals surface area (Å²) in [6, 6.07) is 10.0. The van der Waals surface area contributed by atoms with E-state index >= 15 is 0 Å². The van der Waals surface area contributed by atoms with E-state index in [4.69, 9.17) is 5.11 Å². The summed E-state index contributed by atoms with van der Waals surface area (Å²) in [5, 5.41) is 10.3. The molecule has 2 rings (SSSR count). The van der Waals surface area contributed by atoms with Crippen molar-refractivity contribution in [1.82, 2.24) is 4.98 Å². The molecule has 4 heteroatoms. The Morgan fingerprint density at radius 2 is 2.05 bits per heavy atom. The Labute approximate surface area is 117 Å². The molecule has 1 heterocycles. The van der Waals surface area contributed by atoms with E-state index in [0.717, 1.165) is 22.2 Å². The summed E-state index contributed by atoms with van der Waals surface area (Å²) < 4.78 is -0.779. The van der Waals surface area contributed by atoms with Gasteiger partial charge in [-0.3, -0.25) is 9.78 Å². The van der Waals surface area contributed by atoms with Gasteiger partial charge >= 0.3 is 5.97 Å². The van der Waals surface area contributed by atoms with Crippen LogP contribution in [0.3, 0.4) is 0 Å². The van der Waals surface area contributed by atoms with Crippen LogP contribution in [0.1, 0.15) is 25.1 Å². The van der Waals surface area contributed by atoms with E-state index in [-0.39, 0.29) is 0 Å². The van der Waals surface area contributed by atoms with Gasteiger partial charge in [-0.2, -0.15) is 0 Å². The summed E-state index contributed by atoms with van der Waals surface area (Å²) in [6.07, 6.45) is 0. The quantitative estimate of drug-likeness (QED) is 0.925. The average Bonchev–Trinajstić information content (AvgIpc) is 2.35. The van der Waals surface area contributed by atoms with Gasteiger partial charge in [0.1, 0.15) is 4.75 Å². The fourth-order valence-corrected chi connectivity index (χ4v) is 2.71. The van der Waals surface area contributed by atoms with Gasteiger partial charge in [-0.1, -0.05) is 18.2 Å². The largest absolute Gasteiger partial charge is 0.480 e. The summed E-state index contributed by atoms with van der Waals surface area (Å²) in [4.78, 5) is 15.6. The number of para-hydroxylation sites is 1. The monoisotopic (exact) mass is 275 g/mol.